The second-order valence-electron chi connectivity index (χ2n) is 4.89. The van der Waals surface area contributed by atoms with Crippen molar-refractivity contribution >= 4 is 26.7 Å². The van der Waals surface area contributed by atoms with Crippen molar-refractivity contribution in [3.8, 4) is 5.75 Å². The third-order valence-corrected chi connectivity index (χ3v) is 4.03. The van der Waals surface area contributed by atoms with Crippen molar-refractivity contribution in [2.45, 2.75) is 26.4 Å². The van der Waals surface area contributed by atoms with Crippen LogP contribution in [-0.2, 0) is 6.54 Å². The van der Waals surface area contributed by atoms with Crippen molar-refractivity contribution in [3.05, 3.63) is 36.9 Å². The number of anilines is 1. The van der Waals surface area contributed by atoms with E-state index in [1.165, 1.54) is 0 Å². The Morgan fingerprint density at radius 3 is 3.10 bits per heavy atom. The summed E-state index contributed by atoms with van der Waals surface area (Å²) < 4.78 is 8.71. The average Bonchev–Trinajstić information content (AvgIpc) is 3.07. The normalized spacial score (nSPS) is 12.5. The number of ether oxygens (including phenoxy) is 1. The topological polar surface area (TPSA) is 52.0 Å². The van der Waals surface area contributed by atoms with E-state index in [2.05, 4.69) is 26.8 Å². The third kappa shape index (κ3) is 3.33. The van der Waals surface area contributed by atoms with Crippen molar-refractivity contribution in [2.24, 2.45) is 0 Å². The summed E-state index contributed by atoms with van der Waals surface area (Å²) in [5, 5.41) is 4.38. The van der Waals surface area contributed by atoms with E-state index in [4.69, 9.17) is 4.74 Å². The van der Waals surface area contributed by atoms with Gasteiger partial charge in [0.05, 0.1) is 23.2 Å². The summed E-state index contributed by atoms with van der Waals surface area (Å²) in [5.74, 6) is 0.895. The second kappa shape index (κ2) is 6.13. The van der Waals surface area contributed by atoms with E-state index >= 15 is 0 Å². The van der Waals surface area contributed by atoms with Crippen molar-refractivity contribution in [3.63, 3.8) is 0 Å². The highest BCUT2D eigenvalue weighted by Crippen LogP contribution is 2.29. The standard InChI is InChI=1S/C15H18N4OS/c1-3-20-12-4-5-13-14(8-12)21-15(18-13)17-11(2)9-19-7-6-16-10-19/h4-8,10-11H,3,9H2,1-2H3,(H,17,18). The molecule has 0 aliphatic carbocycles. The Bertz CT molecular complexity index is 708. The fourth-order valence-electron chi connectivity index (χ4n) is 2.19. The van der Waals surface area contributed by atoms with E-state index in [1.54, 1.807) is 17.5 Å². The number of imidazole rings is 1. The van der Waals surface area contributed by atoms with E-state index in [0.717, 1.165) is 27.6 Å². The lowest BCUT2D eigenvalue weighted by molar-refractivity contribution is 0.341. The predicted molar refractivity (Wildman–Crippen MR) is 86.1 cm³/mol. The Hall–Kier alpha value is -2.08. The molecule has 1 aromatic carbocycles. The Labute approximate surface area is 127 Å². The van der Waals surface area contributed by atoms with Crippen LogP contribution in [-0.4, -0.2) is 27.2 Å². The monoisotopic (exact) mass is 302 g/mol. The largest absolute Gasteiger partial charge is 0.494 e. The lowest BCUT2D eigenvalue weighted by Gasteiger charge is -2.12. The molecule has 0 saturated heterocycles. The van der Waals surface area contributed by atoms with Crippen molar-refractivity contribution in [1.82, 2.24) is 14.5 Å². The number of nitrogens with zero attached hydrogens (tertiary/aromatic N) is 3. The summed E-state index contributed by atoms with van der Waals surface area (Å²) in [7, 11) is 0. The number of nitrogens with one attached hydrogen (secondary N) is 1. The SMILES string of the molecule is CCOc1ccc2nc(NC(C)Cn3ccnc3)sc2c1. The van der Waals surface area contributed by atoms with Crippen LogP contribution >= 0.6 is 11.3 Å². The van der Waals surface area contributed by atoms with E-state index < -0.39 is 0 Å². The molecule has 3 aromatic rings. The number of hydrogen-bond acceptors (Lipinski definition) is 5. The van der Waals surface area contributed by atoms with Crippen LogP contribution in [0.15, 0.2) is 36.9 Å². The van der Waals surface area contributed by atoms with E-state index in [9.17, 15) is 0 Å². The average molecular weight is 302 g/mol. The Kier molecular flexibility index (Phi) is 4.06. The molecule has 0 aliphatic heterocycles. The summed E-state index contributed by atoms with van der Waals surface area (Å²) >= 11 is 1.65. The third-order valence-electron chi connectivity index (χ3n) is 3.08. The molecule has 21 heavy (non-hydrogen) atoms. The summed E-state index contributed by atoms with van der Waals surface area (Å²) in [4.78, 5) is 8.66. The summed E-state index contributed by atoms with van der Waals surface area (Å²) in [6, 6.07) is 6.29. The molecule has 2 aromatic heterocycles. The van der Waals surface area contributed by atoms with Gasteiger partial charge in [-0.25, -0.2) is 9.97 Å². The van der Waals surface area contributed by atoms with Crippen LogP contribution in [0.2, 0.25) is 0 Å². The maximum Gasteiger partial charge on any atom is 0.184 e. The summed E-state index contributed by atoms with van der Waals surface area (Å²) in [6.07, 6.45) is 5.58. The van der Waals surface area contributed by atoms with Gasteiger partial charge in [-0.3, -0.25) is 0 Å². The molecule has 5 nitrogen and oxygen atoms in total. The van der Waals surface area contributed by atoms with Crippen LogP contribution in [0.1, 0.15) is 13.8 Å². The highest BCUT2D eigenvalue weighted by Gasteiger charge is 2.08. The number of hydrogen-bond donors (Lipinski definition) is 1. The van der Waals surface area contributed by atoms with Crippen molar-refractivity contribution in [1.29, 1.82) is 0 Å². The lowest BCUT2D eigenvalue weighted by Crippen LogP contribution is -2.21. The first-order valence-electron chi connectivity index (χ1n) is 7.00. The molecule has 0 spiro atoms. The smallest absolute Gasteiger partial charge is 0.184 e. The van der Waals surface area contributed by atoms with Gasteiger partial charge >= 0.3 is 0 Å². The van der Waals surface area contributed by atoms with Gasteiger partial charge in [0, 0.05) is 25.0 Å². The first-order chi connectivity index (χ1) is 10.2. The Morgan fingerprint density at radius 1 is 1.43 bits per heavy atom. The fourth-order valence-corrected chi connectivity index (χ4v) is 3.20. The van der Waals surface area contributed by atoms with Crippen LogP contribution < -0.4 is 10.1 Å². The fraction of sp³-hybridized carbons (Fsp3) is 0.333. The minimum atomic E-state index is 0.283. The zero-order valence-electron chi connectivity index (χ0n) is 12.1. The maximum atomic E-state index is 5.52. The van der Waals surface area contributed by atoms with Gasteiger partial charge in [0.25, 0.3) is 0 Å². The van der Waals surface area contributed by atoms with Gasteiger partial charge in [0.2, 0.25) is 0 Å². The molecular formula is C15H18N4OS. The molecule has 0 aliphatic rings. The van der Waals surface area contributed by atoms with E-state index in [-0.39, 0.29) is 6.04 Å². The summed E-state index contributed by atoms with van der Waals surface area (Å²) in [6.45, 7) is 5.66. The molecule has 0 radical (unpaired) electrons. The molecule has 0 bridgehead atoms. The molecule has 1 N–H and O–H groups in total. The molecule has 0 saturated carbocycles. The zero-order valence-corrected chi connectivity index (χ0v) is 12.9. The number of aromatic nitrogens is 3. The van der Waals surface area contributed by atoms with Gasteiger partial charge in [0.1, 0.15) is 5.75 Å². The van der Waals surface area contributed by atoms with Gasteiger partial charge in [-0.1, -0.05) is 11.3 Å². The van der Waals surface area contributed by atoms with Gasteiger partial charge < -0.3 is 14.6 Å². The minimum absolute atomic E-state index is 0.283. The van der Waals surface area contributed by atoms with Crippen molar-refractivity contribution in [2.75, 3.05) is 11.9 Å². The molecular weight excluding hydrogens is 284 g/mol. The quantitative estimate of drug-likeness (QED) is 0.758. The van der Waals surface area contributed by atoms with Crippen LogP contribution in [0, 0.1) is 0 Å². The molecule has 1 unspecified atom stereocenters. The van der Waals surface area contributed by atoms with Gasteiger partial charge in [-0.15, -0.1) is 0 Å². The number of fused-ring (bicyclic) bond motifs is 1. The first-order valence-corrected chi connectivity index (χ1v) is 7.82. The zero-order chi connectivity index (χ0) is 14.7. The maximum absolute atomic E-state index is 5.52. The highest BCUT2D eigenvalue weighted by molar-refractivity contribution is 7.22. The Balaban J connectivity index is 1.71. The van der Waals surface area contributed by atoms with Crippen LogP contribution in [0.25, 0.3) is 10.2 Å². The second-order valence-corrected chi connectivity index (χ2v) is 5.92. The molecule has 1 atom stereocenters. The molecule has 110 valence electrons. The van der Waals surface area contributed by atoms with Crippen LogP contribution in [0.5, 0.6) is 5.75 Å². The molecule has 0 amide bonds. The van der Waals surface area contributed by atoms with Gasteiger partial charge in [0.15, 0.2) is 5.13 Å². The predicted octanol–water partition coefficient (Wildman–Crippen LogP) is 3.39. The number of benzene rings is 1. The number of rotatable bonds is 6. The van der Waals surface area contributed by atoms with Crippen molar-refractivity contribution < 1.29 is 4.74 Å². The van der Waals surface area contributed by atoms with E-state index in [1.807, 2.05) is 37.6 Å². The van der Waals surface area contributed by atoms with Crippen LogP contribution in [0.4, 0.5) is 5.13 Å². The highest BCUT2D eigenvalue weighted by atomic mass is 32.1. The van der Waals surface area contributed by atoms with E-state index in [0.29, 0.717) is 6.61 Å². The minimum Gasteiger partial charge on any atom is -0.494 e. The molecule has 3 rings (SSSR count). The molecule has 2 heterocycles. The number of thiazole rings is 1. The van der Waals surface area contributed by atoms with Gasteiger partial charge in [-0.05, 0) is 32.0 Å². The molecule has 6 heteroatoms. The Morgan fingerprint density at radius 2 is 2.33 bits per heavy atom. The lowest BCUT2D eigenvalue weighted by atomic mass is 10.3. The first kappa shape index (κ1) is 13.9. The van der Waals surface area contributed by atoms with Gasteiger partial charge in [-0.2, -0.15) is 0 Å². The molecule has 0 fully saturated rings. The van der Waals surface area contributed by atoms with Crippen LogP contribution in [0.3, 0.4) is 0 Å². The summed E-state index contributed by atoms with van der Waals surface area (Å²) in [5.41, 5.74) is 1.00.